The Morgan fingerprint density at radius 1 is 0.970 bits per heavy atom. The molecule has 0 amide bonds. The van der Waals surface area contributed by atoms with Crippen LogP contribution in [0.15, 0.2) is 0 Å². The maximum absolute atomic E-state index is 13.4. The molecule has 6 rings (SSSR count). The van der Waals surface area contributed by atoms with E-state index in [0.29, 0.717) is 55.5 Å². The third kappa shape index (κ3) is 2.88. The molecule has 6 aliphatic rings. The minimum atomic E-state index is -0.879. The lowest BCUT2D eigenvalue weighted by Gasteiger charge is -2.61. The predicted octanol–water partition coefficient (Wildman–Crippen LogP) is 2.91. The molecule has 186 valence electrons. The lowest BCUT2D eigenvalue weighted by molar-refractivity contribution is -0.316. The predicted molar refractivity (Wildman–Crippen MR) is 121 cm³/mol. The second-order valence-electron chi connectivity index (χ2n) is 13.3. The van der Waals surface area contributed by atoms with Gasteiger partial charge in [-0.15, -0.1) is 0 Å². The molecule has 6 fully saturated rings. The largest absolute Gasteiger partial charge is 0.390 e. The second kappa shape index (κ2) is 7.25. The Morgan fingerprint density at radius 3 is 2.45 bits per heavy atom. The normalized spacial score (nSPS) is 62.5. The minimum Gasteiger partial charge on any atom is -0.390 e. The van der Waals surface area contributed by atoms with E-state index in [1.165, 1.54) is 0 Å². The van der Waals surface area contributed by atoms with Crippen molar-refractivity contribution in [3.63, 3.8) is 0 Å². The summed E-state index contributed by atoms with van der Waals surface area (Å²) in [7, 11) is 0. The molecule has 0 aromatic rings. The number of hydrogen-bond donors (Lipinski definition) is 3. The first-order valence-corrected chi connectivity index (χ1v) is 13.4. The van der Waals surface area contributed by atoms with Crippen LogP contribution < -0.4 is 0 Å². The van der Waals surface area contributed by atoms with Crippen molar-refractivity contribution in [3.05, 3.63) is 0 Å². The number of ether oxygens (including phenoxy) is 2. The van der Waals surface area contributed by atoms with Gasteiger partial charge in [-0.3, -0.25) is 4.79 Å². The highest BCUT2D eigenvalue weighted by Crippen LogP contribution is 2.71. The van der Waals surface area contributed by atoms with Gasteiger partial charge in [0.25, 0.3) is 0 Å². The maximum Gasteiger partial charge on any atom is 0.197 e. The Kier molecular flexibility index (Phi) is 5.03. The van der Waals surface area contributed by atoms with Crippen LogP contribution in [0, 0.1) is 52.3 Å². The molecule has 0 bridgehead atoms. The Balaban J connectivity index is 1.30. The molecule has 0 aromatic carbocycles. The number of hydrogen-bond acceptors (Lipinski definition) is 6. The number of carbonyl (C=O) groups is 1. The SMILES string of the molecule is C[C@@H]1CO[C@@]2(O[C@H]3C[C@H]4[C@@H]5CC(=O)[C@H]6C[C@H](O)[C@H](O)C[C@]6(C)[C@H]5CC[C@]4(C)[C@H]3[C@@H]2C)[C@@H](O)C1. The first kappa shape index (κ1) is 22.9. The third-order valence-corrected chi connectivity index (χ3v) is 11.8. The average Bonchev–Trinajstić information content (AvgIpc) is 3.19. The van der Waals surface area contributed by atoms with E-state index in [2.05, 4.69) is 27.7 Å². The number of rotatable bonds is 0. The molecule has 14 atom stereocenters. The molecular weight excluding hydrogens is 420 g/mol. The van der Waals surface area contributed by atoms with Gasteiger partial charge in [0.2, 0.25) is 0 Å². The molecule has 2 heterocycles. The van der Waals surface area contributed by atoms with Crippen molar-refractivity contribution in [1.82, 2.24) is 0 Å². The molecule has 0 radical (unpaired) electrons. The van der Waals surface area contributed by atoms with Crippen molar-refractivity contribution >= 4 is 5.78 Å². The summed E-state index contributed by atoms with van der Waals surface area (Å²) in [5.41, 5.74) is -0.165. The summed E-state index contributed by atoms with van der Waals surface area (Å²) in [6, 6.07) is 0. The number of fused-ring (bicyclic) bond motifs is 7. The Hall–Kier alpha value is -0.530. The van der Waals surface area contributed by atoms with Crippen LogP contribution in [0.5, 0.6) is 0 Å². The first-order valence-electron chi connectivity index (χ1n) is 13.4. The van der Waals surface area contributed by atoms with Crippen LogP contribution in [0.4, 0.5) is 0 Å². The quantitative estimate of drug-likeness (QED) is 0.512. The van der Waals surface area contributed by atoms with Crippen molar-refractivity contribution in [2.24, 2.45) is 52.3 Å². The molecule has 33 heavy (non-hydrogen) atoms. The van der Waals surface area contributed by atoms with Gasteiger partial charge in [-0.25, -0.2) is 0 Å². The monoisotopic (exact) mass is 462 g/mol. The summed E-state index contributed by atoms with van der Waals surface area (Å²) in [6.45, 7) is 9.58. The molecule has 0 aromatic heterocycles. The smallest absolute Gasteiger partial charge is 0.197 e. The van der Waals surface area contributed by atoms with Crippen molar-refractivity contribution in [2.45, 2.75) is 103 Å². The maximum atomic E-state index is 13.4. The highest BCUT2D eigenvalue weighted by Gasteiger charge is 2.71. The van der Waals surface area contributed by atoms with Gasteiger partial charge in [-0.1, -0.05) is 27.7 Å². The molecule has 2 saturated heterocycles. The van der Waals surface area contributed by atoms with E-state index in [0.717, 1.165) is 25.7 Å². The lowest BCUT2D eigenvalue weighted by Crippen LogP contribution is -2.60. The second-order valence-corrected chi connectivity index (χ2v) is 13.3. The fourth-order valence-corrected chi connectivity index (χ4v) is 10.2. The van der Waals surface area contributed by atoms with Crippen LogP contribution in [0.25, 0.3) is 0 Å². The van der Waals surface area contributed by atoms with Gasteiger partial charge in [0.05, 0.1) is 24.9 Å². The van der Waals surface area contributed by atoms with E-state index in [1.54, 1.807) is 0 Å². The Labute approximate surface area is 197 Å². The minimum absolute atomic E-state index is 0.0659. The van der Waals surface area contributed by atoms with Gasteiger partial charge in [0.15, 0.2) is 5.79 Å². The van der Waals surface area contributed by atoms with Crippen molar-refractivity contribution in [1.29, 1.82) is 0 Å². The first-order chi connectivity index (χ1) is 15.5. The Morgan fingerprint density at radius 2 is 1.73 bits per heavy atom. The lowest BCUT2D eigenvalue weighted by atomic mass is 9.44. The van der Waals surface area contributed by atoms with Gasteiger partial charge >= 0.3 is 0 Å². The van der Waals surface area contributed by atoms with E-state index in [-0.39, 0.29) is 34.6 Å². The van der Waals surface area contributed by atoms with Crippen LogP contribution in [-0.4, -0.2) is 57.9 Å². The van der Waals surface area contributed by atoms with E-state index in [4.69, 9.17) is 9.47 Å². The van der Waals surface area contributed by atoms with E-state index in [9.17, 15) is 20.1 Å². The standard InChI is InChI=1S/C27H42O6/c1-13-7-23(31)27(32-12-13)14(2)24-22(33-27)10-17-15-8-19(28)18-9-20(29)21(30)11-26(18,4)16(15)5-6-25(17,24)3/h13-18,20-24,29-31H,5-12H2,1-4H3/t13-,14-,15+,16-,17-,18+,20-,21+,22-,23-,24-,25-,26+,27-/m0/s1. The summed E-state index contributed by atoms with van der Waals surface area (Å²) in [5.74, 6) is 1.19. The van der Waals surface area contributed by atoms with Crippen LogP contribution in [0.1, 0.15) is 72.6 Å². The number of aliphatic hydroxyl groups is 3. The summed E-state index contributed by atoms with van der Waals surface area (Å²) in [4.78, 5) is 13.4. The number of aliphatic hydroxyl groups excluding tert-OH is 3. The molecule has 6 nitrogen and oxygen atoms in total. The summed E-state index contributed by atoms with van der Waals surface area (Å²) < 4.78 is 13.0. The zero-order valence-electron chi connectivity index (χ0n) is 20.6. The number of Topliss-reactive ketones (excluding diaryl/α,β-unsaturated/α-hetero) is 1. The van der Waals surface area contributed by atoms with Crippen molar-refractivity contribution < 1.29 is 29.6 Å². The van der Waals surface area contributed by atoms with Crippen LogP contribution in [-0.2, 0) is 14.3 Å². The fourth-order valence-electron chi connectivity index (χ4n) is 10.2. The number of carbonyl (C=O) groups excluding carboxylic acids is 1. The van der Waals surface area contributed by atoms with Crippen molar-refractivity contribution in [2.75, 3.05) is 6.61 Å². The van der Waals surface area contributed by atoms with Crippen LogP contribution in [0.2, 0.25) is 0 Å². The van der Waals surface area contributed by atoms with Crippen molar-refractivity contribution in [3.8, 4) is 0 Å². The molecular formula is C27H42O6. The molecule has 0 unspecified atom stereocenters. The van der Waals surface area contributed by atoms with E-state index in [1.807, 2.05) is 0 Å². The molecule has 2 aliphatic heterocycles. The highest BCUT2D eigenvalue weighted by molar-refractivity contribution is 5.83. The summed E-state index contributed by atoms with van der Waals surface area (Å²) in [5, 5.41) is 31.8. The van der Waals surface area contributed by atoms with Gasteiger partial charge in [0, 0.05) is 18.3 Å². The highest BCUT2D eigenvalue weighted by atomic mass is 16.7. The van der Waals surface area contributed by atoms with Gasteiger partial charge in [-0.2, -0.15) is 0 Å². The Bertz CT molecular complexity index is 831. The summed E-state index contributed by atoms with van der Waals surface area (Å²) >= 11 is 0. The van der Waals surface area contributed by atoms with E-state index >= 15 is 0 Å². The summed E-state index contributed by atoms with van der Waals surface area (Å²) in [6.07, 6.45) is 3.29. The van der Waals surface area contributed by atoms with Crippen LogP contribution >= 0.6 is 0 Å². The van der Waals surface area contributed by atoms with Crippen LogP contribution in [0.3, 0.4) is 0 Å². The molecule has 4 saturated carbocycles. The zero-order valence-corrected chi connectivity index (χ0v) is 20.6. The third-order valence-electron chi connectivity index (χ3n) is 11.8. The fraction of sp³-hybridized carbons (Fsp3) is 0.963. The molecule has 4 aliphatic carbocycles. The average molecular weight is 463 g/mol. The molecule has 6 heteroatoms. The van der Waals surface area contributed by atoms with Gasteiger partial charge in [-0.05, 0) is 78.9 Å². The molecule has 3 N–H and O–H groups in total. The topological polar surface area (TPSA) is 96.2 Å². The van der Waals surface area contributed by atoms with Gasteiger partial charge in [0.1, 0.15) is 11.9 Å². The zero-order chi connectivity index (χ0) is 23.5. The number of ketones is 1. The molecule has 1 spiro atoms. The van der Waals surface area contributed by atoms with Gasteiger partial charge < -0.3 is 24.8 Å². The van der Waals surface area contributed by atoms with E-state index < -0.39 is 24.1 Å².